The first-order chi connectivity index (χ1) is 21.5. The first kappa shape index (κ1) is 29.9. The zero-order valence-electron chi connectivity index (χ0n) is 25.4. The van der Waals surface area contributed by atoms with Crippen molar-refractivity contribution in [2.45, 2.75) is 64.3 Å². The molecule has 0 aromatic heterocycles. The van der Waals surface area contributed by atoms with E-state index in [1.165, 1.54) is 4.90 Å². The Kier molecular flexibility index (Phi) is 7.78. The number of ether oxygens (including phenoxy) is 1. The number of carbonyl (C=O) groups excluding carboxylic acids is 3. The van der Waals surface area contributed by atoms with Gasteiger partial charge in [0, 0.05) is 19.0 Å². The van der Waals surface area contributed by atoms with E-state index in [9.17, 15) is 24.3 Å². The Bertz CT molecular complexity index is 1830. The predicted molar refractivity (Wildman–Crippen MR) is 171 cm³/mol. The Hall–Kier alpha value is -5.18. The fourth-order valence-corrected chi connectivity index (χ4v) is 6.23. The van der Waals surface area contributed by atoms with Gasteiger partial charge < -0.3 is 20.1 Å². The average Bonchev–Trinajstić information content (AvgIpc) is 3.39. The fraction of sp³-hybridized carbons (Fsp3) is 0.278. The van der Waals surface area contributed by atoms with Crippen molar-refractivity contribution in [2.24, 2.45) is 0 Å². The number of benzene rings is 4. The molecule has 2 atom stereocenters. The second kappa shape index (κ2) is 11.7. The van der Waals surface area contributed by atoms with Crippen molar-refractivity contribution < 1.29 is 29.0 Å². The Labute approximate surface area is 261 Å². The molecule has 0 saturated carbocycles. The molecule has 0 unspecified atom stereocenters. The Morgan fingerprint density at radius 1 is 0.844 bits per heavy atom. The van der Waals surface area contributed by atoms with E-state index in [1.54, 1.807) is 49.9 Å². The van der Waals surface area contributed by atoms with Crippen molar-refractivity contribution >= 4 is 46.0 Å². The summed E-state index contributed by atoms with van der Waals surface area (Å²) in [5, 5.41) is 14.3. The van der Waals surface area contributed by atoms with Gasteiger partial charge in [0.25, 0.3) is 5.91 Å². The van der Waals surface area contributed by atoms with Crippen molar-refractivity contribution in [1.82, 2.24) is 4.90 Å². The average molecular weight is 606 g/mol. The topological polar surface area (TPSA) is 116 Å². The van der Waals surface area contributed by atoms with E-state index < -0.39 is 35.7 Å². The zero-order valence-corrected chi connectivity index (χ0v) is 25.4. The van der Waals surface area contributed by atoms with E-state index in [0.29, 0.717) is 12.1 Å². The number of nitrogens with one attached hydrogen (secondary N) is 1. The normalized spacial score (nSPS) is 17.4. The van der Waals surface area contributed by atoms with Gasteiger partial charge in [-0.15, -0.1) is 0 Å². The van der Waals surface area contributed by atoms with E-state index in [4.69, 9.17) is 4.74 Å². The minimum atomic E-state index is -0.993. The standard InChI is InChI=1S/C36H35N3O6/c1-36(2,3)45-35(44)39-30-15-9-8-13-25(30)19-31(39)33(42)37-29-18-24-12-5-4-11-23(24)17-28(29)34(43)38-21-26-14-7-6-10-22(26)16-27(38)20-32(40)41/h4-15,17-18,27,31H,16,19-21H2,1-3H3,(H,37,42)(H,40,41)/t27-,31-/m1/s1. The maximum absolute atomic E-state index is 14.4. The van der Waals surface area contributed by atoms with Crippen LogP contribution in [0.2, 0.25) is 0 Å². The number of hydrogen-bond donors (Lipinski definition) is 2. The van der Waals surface area contributed by atoms with Gasteiger partial charge in [-0.3, -0.25) is 19.3 Å². The molecular weight excluding hydrogens is 570 g/mol. The molecule has 4 aromatic rings. The monoisotopic (exact) mass is 605 g/mol. The molecule has 4 aromatic carbocycles. The number of aliphatic carboxylic acids is 1. The van der Waals surface area contributed by atoms with Crippen LogP contribution in [0.15, 0.2) is 84.9 Å². The predicted octanol–water partition coefficient (Wildman–Crippen LogP) is 6.19. The summed E-state index contributed by atoms with van der Waals surface area (Å²) in [5.41, 5.74) is 3.17. The van der Waals surface area contributed by atoms with Gasteiger partial charge >= 0.3 is 12.1 Å². The first-order valence-electron chi connectivity index (χ1n) is 15.0. The molecule has 0 aliphatic carbocycles. The summed E-state index contributed by atoms with van der Waals surface area (Å²) in [5.74, 6) is -1.84. The molecule has 2 heterocycles. The molecule has 0 fully saturated rings. The molecule has 0 spiro atoms. The summed E-state index contributed by atoms with van der Waals surface area (Å²) >= 11 is 0. The first-order valence-corrected chi connectivity index (χ1v) is 15.0. The molecule has 45 heavy (non-hydrogen) atoms. The van der Waals surface area contributed by atoms with Gasteiger partial charge in [-0.05, 0) is 72.9 Å². The largest absolute Gasteiger partial charge is 0.481 e. The van der Waals surface area contributed by atoms with Crippen LogP contribution in [0.1, 0.15) is 54.2 Å². The Balaban J connectivity index is 1.37. The van der Waals surface area contributed by atoms with Crippen LogP contribution in [0, 0.1) is 0 Å². The van der Waals surface area contributed by atoms with E-state index in [1.807, 2.05) is 60.7 Å². The molecule has 0 bridgehead atoms. The second-order valence-corrected chi connectivity index (χ2v) is 12.6. The number of anilines is 2. The van der Waals surface area contributed by atoms with Crippen molar-refractivity contribution in [3.05, 3.63) is 107 Å². The highest BCUT2D eigenvalue weighted by atomic mass is 16.6. The number of carbonyl (C=O) groups is 4. The summed E-state index contributed by atoms with van der Waals surface area (Å²) in [6.07, 6.45) is -0.150. The van der Waals surface area contributed by atoms with Crippen LogP contribution >= 0.6 is 0 Å². The summed E-state index contributed by atoms with van der Waals surface area (Å²) in [6.45, 7) is 5.56. The third kappa shape index (κ3) is 6.11. The lowest BCUT2D eigenvalue weighted by atomic mass is 9.91. The summed E-state index contributed by atoms with van der Waals surface area (Å²) in [7, 11) is 0. The third-order valence-electron chi connectivity index (χ3n) is 8.27. The molecule has 230 valence electrons. The van der Waals surface area contributed by atoms with Gasteiger partial charge in [0.05, 0.1) is 23.4 Å². The van der Waals surface area contributed by atoms with E-state index >= 15 is 0 Å². The maximum Gasteiger partial charge on any atom is 0.415 e. The molecule has 2 N–H and O–H groups in total. The lowest BCUT2D eigenvalue weighted by Crippen LogP contribution is -2.48. The van der Waals surface area contributed by atoms with E-state index in [0.717, 1.165) is 27.5 Å². The lowest BCUT2D eigenvalue weighted by Gasteiger charge is -2.37. The maximum atomic E-state index is 14.4. The highest BCUT2D eigenvalue weighted by molar-refractivity contribution is 6.11. The minimum Gasteiger partial charge on any atom is -0.481 e. The van der Waals surface area contributed by atoms with Crippen LogP contribution in [0.25, 0.3) is 10.8 Å². The number of carboxylic acid groups (broad SMARTS) is 1. The van der Waals surface area contributed by atoms with Gasteiger partial charge in [-0.25, -0.2) is 4.79 Å². The lowest BCUT2D eigenvalue weighted by molar-refractivity contribution is -0.138. The highest BCUT2D eigenvalue weighted by Crippen LogP contribution is 2.35. The fourth-order valence-electron chi connectivity index (χ4n) is 6.23. The molecule has 2 aliphatic rings. The molecule has 2 aliphatic heterocycles. The number of hydrogen-bond acceptors (Lipinski definition) is 5. The Morgan fingerprint density at radius 2 is 1.47 bits per heavy atom. The summed E-state index contributed by atoms with van der Waals surface area (Å²) in [4.78, 5) is 56.6. The Morgan fingerprint density at radius 3 is 2.16 bits per heavy atom. The van der Waals surface area contributed by atoms with Crippen LogP contribution in [-0.4, -0.2) is 51.6 Å². The zero-order chi connectivity index (χ0) is 31.9. The molecule has 9 nitrogen and oxygen atoms in total. The van der Waals surface area contributed by atoms with Crippen LogP contribution < -0.4 is 10.2 Å². The van der Waals surface area contributed by atoms with Crippen molar-refractivity contribution in [1.29, 1.82) is 0 Å². The van der Waals surface area contributed by atoms with E-state index in [-0.39, 0.29) is 36.5 Å². The number of nitrogens with zero attached hydrogens (tertiary/aromatic N) is 2. The molecule has 9 heteroatoms. The summed E-state index contributed by atoms with van der Waals surface area (Å²) < 4.78 is 5.68. The molecule has 3 amide bonds. The number of rotatable bonds is 5. The minimum absolute atomic E-state index is 0.208. The second-order valence-electron chi connectivity index (χ2n) is 12.6. The van der Waals surface area contributed by atoms with Crippen molar-refractivity contribution in [3.8, 4) is 0 Å². The van der Waals surface area contributed by atoms with Crippen LogP contribution in [0.4, 0.5) is 16.2 Å². The van der Waals surface area contributed by atoms with Crippen LogP contribution in [-0.2, 0) is 33.7 Å². The van der Waals surface area contributed by atoms with Crippen molar-refractivity contribution in [2.75, 3.05) is 10.2 Å². The smallest absolute Gasteiger partial charge is 0.415 e. The van der Waals surface area contributed by atoms with Gasteiger partial charge in [0.1, 0.15) is 11.6 Å². The van der Waals surface area contributed by atoms with Crippen LogP contribution in [0.5, 0.6) is 0 Å². The van der Waals surface area contributed by atoms with Crippen LogP contribution in [0.3, 0.4) is 0 Å². The summed E-state index contributed by atoms with van der Waals surface area (Å²) in [6, 6.07) is 24.6. The molecule has 6 rings (SSSR count). The molecule has 0 saturated heterocycles. The SMILES string of the molecule is CC(C)(C)OC(=O)N1c2ccccc2C[C@@H]1C(=O)Nc1cc2ccccc2cc1C(=O)N1Cc2ccccc2C[C@@H]1CC(=O)O. The number of para-hydroxylation sites is 1. The number of amides is 3. The van der Waals surface area contributed by atoms with Gasteiger partial charge in [-0.1, -0.05) is 66.7 Å². The number of carboxylic acids is 1. The van der Waals surface area contributed by atoms with Crippen molar-refractivity contribution in [3.63, 3.8) is 0 Å². The van der Waals surface area contributed by atoms with E-state index in [2.05, 4.69) is 5.32 Å². The quantitative estimate of drug-likeness (QED) is 0.280. The van der Waals surface area contributed by atoms with Gasteiger partial charge in [0.15, 0.2) is 0 Å². The van der Waals surface area contributed by atoms with Gasteiger partial charge in [0.2, 0.25) is 5.91 Å². The molecular formula is C36H35N3O6. The number of fused-ring (bicyclic) bond motifs is 3. The van der Waals surface area contributed by atoms with Gasteiger partial charge in [-0.2, -0.15) is 0 Å². The highest BCUT2D eigenvalue weighted by Gasteiger charge is 2.41. The third-order valence-corrected chi connectivity index (χ3v) is 8.27. The molecule has 0 radical (unpaired) electrons.